The molecule has 2 aromatic rings. The summed E-state index contributed by atoms with van der Waals surface area (Å²) in [4.78, 5) is 28.0. The van der Waals surface area contributed by atoms with E-state index in [0.29, 0.717) is 6.54 Å². The van der Waals surface area contributed by atoms with Crippen molar-refractivity contribution in [2.24, 2.45) is 0 Å². The molecule has 9 nitrogen and oxygen atoms in total. The molecule has 3 heterocycles. The Hall–Kier alpha value is -3.07. The van der Waals surface area contributed by atoms with Crippen LogP contribution in [0.25, 0.3) is 10.8 Å². The number of amides is 2. The summed E-state index contributed by atoms with van der Waals surface area (Å²) in [6.07, 6.45) is 4.98. The Bertz CT molecular complexity index is 987. The standard InChI is InChI=1S/C17H21N3O2.C8H16N2O2/c1-17(2,3)22-16(21)20-10-6-9-19(20)15-12-18-11-13-7-4-5-8-14(13)15;1-8(2,3)12-7(11)10-6-4-5-9-10/h4-5,7-8,11-12H,6,9-10H2,1-3H3;9H,4-6H2,1-3H3. The van der Waals surface area contributed by atoms with E-state index in [-0.39, 0.29) is 12.2 Å². The number of ether oxygens (including phenoxy) is 2. The average molecular weight is 472 g/mol. The smallest absolute Gasteiger partial charge is 0.429 e. The fraction of sp³-hybridized carbons (Fsp3) is 0.560. The molecule has 2 aliphatic heterocycles. The van der Waals surface area contributed by atoms with Gasteiger partial charge >= 0.3 is 12.2 Å². The predicted octanol–water partition coefficient (Wildman–Crippen LogP) is 4.73. The maximum absolute atomic E-state index is 12.4. The van der Waals surface area contributed by atoms with Crippen LogP contribution in [0.4, 0.5) is 15.3 Å². The fourth-order valence-corrected chi connectivity index (χ4v) is 3.68. The molecule has 0 radical (unpaired) electrons. The zero-order valence-corrected chi connectivity index (χ0v) is 21.1. The van der Waals surface area contributed by atoms with E-state index < -0.39 is 11.2 Å². The number of carbonyl (C=O) groups excluding carboxylic acids is 2. The summed E-state index contributed by atoms with van der Waals surface area (Å²) >= 11 is 0. The lowest BCUT2D eigenvalue weighted by Gasteiger charge is -2.32. The maximum atomic E-state index is 12.4. The van der Waals surface area contributed by atoms with E-state index in [1.54, 1.807) is 5.01 Å². The summed E-state index contributed by atoms with van der Waals surface area (Å²) in [7, 11) is 0. The normalized spacial score (nSPS) is 16.4. The quantitative estimate of drug-likeness (QED) is 0.643. The van der Waals surface area contributed by atoms with Gasteiger partial charge in [-0.05, 0) is 54.4 Å². The van der Waals surface area contributed by atoms with Gasteiger partial charge in [0.15, 0.2) is 0 Å². The highest BCUT2D eigenvalue weighted by Gasteiger charge is 2.31. The van der Waals surface area contributed by atoms with E-state index >= 15 is 0 Å². The number of hydrogen-bond donors (Lipinski definition) is 1. The highest BCUT2D eigenvalue weighted by atomic mass is 16.6. The third-order valence-corrected chi connectivity index (χ3v) is 5.04. The van der Waals surface area contributed by atoms with Gasteiger partial charge in [0.05, 0.1) is 11.9 Å². The van der Waals surface area contributed by atoms with Crippen molar-refractivity contribution in [3.05, 3.63) is 36.7 Å². The lowest BCUT2D eigenvalue weighted by atomic mass is 10.1. The molecule has 2 amide bonds. The number of nitrogens with one attached hydrogen (secondary N) is 1. The van der Waals surface area contributed by atoms with Gasteiger partial charge in [0.25, 0.3) is 0 Å². The van der Waals surface area contributed by atoms with Crippen LogP contribution in [0, 0.1) is 0 Å². The Morgan fingerprint density at radius 3 is 2.21 bits per heavy atom. The number of carbonyl (C=O) groups is 2. The van der Waals surface area contributed by atoms with Gasteiger partial charge in [0.2, 0.25) is 0 Å². The van der Waals surface area contributed by atoms with Gasteiger partial charge in [0.1, 0.15) is 11.2 Å². The van der Waals surface area contributed by atoms with Gasteiger partial charge in [-0.15, -0.1) is 0 Å². The molecule has 186 valence electrons. The van der Waals surface area contributed by atoms with E-state index in [0.717, 1.165) is 48.9 Å². The predicted molar refractivity (Wildman–Crippen MR) is 132 cm³/mol. The first-order valence-corrected chi connectivity index (χ1v) is 11.8. The second-order valence-corrected chi connectivity index (χ2v) is 10.4. The molecular formula is C25H37N5O4. The lowest BCUT2D eigenvalue weighted by molar-refractivity contribution is 0.0210. The van der Waals surface area contributed by atoms with Crippen molar-refractivity contribution in [2.75, 3.05) is 31.2 Å². The Kier molecular flexibility index (Phi) is 7.86. The number of hydrazine groups is 2. The molecule has 2 aliphatic rings. The molecule has 0 unspecified atom stereocenters. The lowest BCUT2D eigenvalue weighted by Crippen LogP contribution is -2.44. The second kappa shape index (κ2) is 10.5. The SMILES string of the molecule is CC(C)(C)OC(=O)N1CCCN1.CC(C)(C)OC(=O)N1CCCN1c1cncc2ccccc12. The van der Waals surface area contributed by atoms with E-state index in [2.05, 4.69) is 16.5 Å². The summed E-state index contributed by atoms with van der Waals surface area (Å²) in [5.74, 6) is 0. The number of rotatable bonds is 1. The van der Waals surface area contributed by atoms with Gasteiger partial charge in [-0.2, -0.15) is 0 Å². The van der Waals surface area contributed by atoms with Gasteiger partial charge in [0, 0.05) is 43.1 Å². The first kappa shape index (κ1) is 25.6. The fourth-order valence-electron chi connectivity index (χ4n) is 3.68. The summed E-state index contributed by atoms with van der Waals surface area (Å²) in [6, 6.07) is 8.07. The minimum absolute atomic E-state index is 0.278. The first-order chi connectivity index (χ1) is 15.9. The van der Waals surface area contributed by atoms with E-state index in [1.807, 2.05) is 77.1 Å². The largest absolute Gasteiger partial charge is 0.443 e. The van der Waals surface area contributed by atoms with Crippen LogP contribution < -0.4 is 10.4 Å². The summed E-state index contributed by atoms with van der Waals surface area (Å²) in [6.45, 7) is 14.3. The summed E-state index contributed by atoms with van der Waals surface area (Å²) < 4.78 is 10.7. The molecule has 0 saturated carbocycles. The average Bonchev–Trinajstić information content (AvgIpc) is 3.44. The van der Waals surface area contributed by atoms with Crippen LogP contribution in [0.5, 0.6) is 0 Å². The second-order valence-electron chi connectivity index (χ2n) is 10.4. The molecule has 0 atom stereocenters. The van der Waals surface area contributed by atoms with E-state index in [1.165, 1.54) is 5.01 Å². The molecule has 34 heavy (non-hydrogen) atoms. The number of aromatic nitrogens is 1. The van der Waals surface area contributed by atoms with Gasteiger partial charge < -0.3 is 9.47 Å². The van der Waals surface area contributed by atoms with Crippen LogP contribution in [-0.2, 0) is 9.47 Å². The van der Waals surface area contributed by atoms with Gasteiger partial charge in [-0.1, -0.05) is 24.3 Å². The molecule has 4 rings (SSSR count). The van der Waals surface area contributed by atoms with Crippen molar-refractivity contribution in [3.8, 4) is 0 Å². The molecule has 2 fully saturated rings. The van der Waals surface area contributed by atoms with Crippen molar-refractivity contribution >= 4 is 28.6 Å². The minimum atomic E-state index is -0.498. The van der Waals surface area contributed by atoms with Crippen LogP contribution >= 0.6 is 0 Å². The van der Waals surface area contributed by atoms with Crippen molar-refractivity contribution < 1.29 is 19.1 Å². The van der Waals surface area contributed by atoms with Crippen molar-refractivity contribution in [1.29, 1.82) is 0 Å². The molecular weight excluding hydrogens is 434 g/mol. The van der Waals surface area contributed by atoms with Crippen LogP contribution in [0.2, 0.25) is 0 Å². The number of anilines is 1. The number of pyridine rings is 1. The first-order valence-electron chi connectivity index (χ1n) is 11.8. The van der Waals surface area contributed by atoms with Gasteiger partial charge in [-0.3, -0.25) is 9.99 Å². The monoisotopic (exact) mass is 471 g/mol. The van der Waals surface area contributed by atoms with Crippen LogP contribution in [0.1, 0.15) is 54.4 Å². The zero-order valence-electron chi connectivity index (χ0n) is 21.1. The third kappa shape index (κ3) is 6.96. The molecule has 0 spiro atoms. The van der Waals surface area contributed by atoms with Gasteiger partial charge in [-0.25, -0.2) is 25.0 Å². The van der Waals surface area contributed by atoms with E-state index in [4.69, 9.17) is 9.47 Å². The Morgan fingerprint density at radius 2 is 1.56 bits per heavy atom. The Labute approximate surface area is 201 Å². The number of fused-ring (bicyclic) bond motifs is 1. The zero-order chi connectivity index (χ0) is 24.9. The minimum Gasteiger partial charge on any atom is -0.443 e. The highest BCUT2D eigenvalue weighted by Crippen LogP contribution is 2.30. The summed E-state index contributed by atoms with van der Waals surface area (Å²) in [5, 5.41) is 7.33. The maximum Gasteiger partial charge on any atom is 0.429 e. The molecule has 9 heteroatoms. The van der Waals surface area contributed by atoms with Crippen molar-refractivity contribution in [2.45, 2.75) is 65.6 Å². The molecule has 0 bridgehead atoms. The Morgan fingerprint density at radius 1 is 0.882 bits per heavy atom. The van der Waals surface area contributed by atoms with Crippen LogP contribution in [-0.4, -0.2) is 64.6 Å². The van der Waals surface area contributed by atoms with Crippen molar-refractivity contribution in [1.82, 2.24) is 20.4 Å². The molecule has 0 aliphatic carbocycles. The number of benzene rings is 1. The van der Waals surface area contributed by atoms with Crippen LogP contribution in [0.15, 0.2) is 36.7 Å². The third-order valence-electron chi connectivity index (χ3n) is 5.04. The number of hydrogen-bond acceptors (Lipinski definition) is 7. The molecule has 2 saturated heterocycles. The molecule has 1 aromatic carbocycles. The summed E-state index contributed by atoms with van der Waals surface area (Å²) in [5.41, 5.74) is 2.98. The molecule has 1 N–H and O–H groups in total. The van der Waals surface area contributed by atoms with Crippen LogP contribution in [0.3, 0.4) is 0 Å². The van der Waals surface area contributed by atoms with E-state index in [9.17, 15) is 9.59 Å². The topological polar surface area (TPSA) is 87.2 Å². The van der Waals surface area contributed by atoms with Crippen molar-refractivity contribution in [3.63, 3.8) is 0 Å². The molecule has 1 aromatic heterocycles. The number of nitrogens with zero attached hydrogens (tertiary/aromatic N) is 4. The highest BCUT2D eigenvalue weighted by molar-refractivity contribution is 5.93. The Balaban J connectivity index is 0.000000229.